The second-order valence-corrected chi connectivity index (χ2v) is 5.68. The maximum atomic E-state index is 9.05. The van der Waals surface area contributed by atoms with Gasteiger partial charge in [-0.15, -0.1) is 0 Å². The van der Waals surface area contributed by atoms with Crippen molar-refractivity contribution in [1.29, 1.82) is 5.26 Å². The van der Waals surface area contributed by atoms with E-state index in [4.69, 9.17) is 9.44 Å². The van der Waals surface area contributed by atoms with Crippen molar-refractivity contribution in [3.05, 3.63) is 0 Å². The van der Waals surface area contributed by atoms with Gasteiger partial charge in [0.05, 0.1) is 6.61 Å². The van der Waals surface area contributed by atoms with Gasteiger partial charge in [0.1, 0.15) is 0 Å². The summed E-state index contributed by atoms with van der Waals surface area (Å²) in [5.41, 5.74) is 0. The Morgan fingerprint density at radius 3 is 2.87 bits per heavy atom. The molecule has 1 aliphatic rings. The van der Waals surface area contributed by atoms with Crippen molar-refractivity contribution in [2.24, 2.45) is 5.92 Å². The molecule has 15 heavy (non-hydrogen) atoms. The van der Waals surface area contributed by atoms with Gasteiger partial charge < -0.3 is 4.18 Å². The van der Waals surface area contributed by atoms with E-state index in [2.05, 4.69) is 19.8 Å². The molecule has 0 spiro atoms. The normalized spacial score (nSPS) is 24.1. The van der Waals surface area contributed by atoms with E-state index in [1.807, 2.05) is 6.26 Å². The van der Waals surface area contributed by atoms with Gasteiger partial charge in [0, 0.05) is 12.2 Å². The van der Waals surface area contributed by atoms with Gasteiger partial charge in [-0.2, -0.15) is 0 Å². The van der Waals surface area contributed by atoms with Gasteiger partial charge >= 0.3 is 0 Å². The van der Waals surface area contributed by atoms with E-state index in [0.29, 0.717) is 0 Å². The van der Waals surface area contributed by atoms with Crippen molar-refractivity contribution in [1.82, 2.24) is 0 Å². The molecule has 0 aromatic heterocycles. The van der Waals surface area contributed by atoms with Crippen molar-refractivity contribution in [2.75, 3.05) is 12.9 Å². The first-order valence-electron chi connectivity index (χ1n) is 5.65. The Morgan fingerprint density at radius 1 is 1.60 bits per heavy atom. The smallest absolute Gasteiger partial charge is 0.273 e. The Hall–Kier alpha value is -0.135. The fourth-order valence-electron chi connectivity index (χ4n) is 2.58. The first-order valence-corrected chi connectivity index (χ1v) is 6.80. The third-order valence-electron chi connectivity index (χ3n) is 3.44. The molecule has 1 rings (SSSR count). The van der Waals surface area contributed by atoms with E-state index in [-0.39, 0.29) is 12.0 Å². The number of hydrogen-bond acceptors (Lipinski definition) is 3. The van der Waals surface area contributed by atoms with Crippen molar-refractivity contribution >= 4 is 18.8 Å². The van der Waals surface area contributed by atoms with Crippen LogP contribution in [-0.2, 0) is 4.18 Å². The third kappa shape index (κ3) is 3.73. The predicted octanol–water partition coefficient (Wildman–Crippen LogP) is 3.42. The van der Waals surface area contributed by atoms with E-state index in [9.17, 15) is 0 Å². The molecule has 0 radical (unpaired) electrons. The summed E-state index contributed by atoms with van der Waals surface area (Å²) in [6.07, 6.45) is 6.57. The Morgan fingerprint density at radius 2 is 2.33 bits per heavy atom. The van der Waals surface area contributed by atoms with E-state index in [1.54, 1.807) is 0 Å². The Balaban J connectivity index is 2.27. The monoisotopic (exact) mass is 225 g/mol. The van der Waals surface area contributed by atoms with E-state index in [0.717, 1.165) is 25.3 Å². The molecule has 0 aliphatic carbocycles. The van der Waals surface area contributed by atoms with Crippen LogP contribution >= 0.6 is 12.0 Å². The molecule has 0 bridgehead atoms. The highest BCUT2D eigenvalue weighted by atomic mass is 32.2. The maximum Gasteiger partial charge on any atom is 0.273 e. The molecule has 0 aromatic carbocycles. The summed E-state index contributed by atoms with van der Waals surface area (Å²) in [4.78, 5) is 0. The zero-order valence-corrected chi connectivity index (χ0v) is 10.8. The molecule has 1 heterocycles. The molecule has 1 atom stereocenters. The van der Waals surface area contributed by atoms with Crippen LogP contribution in [0.3, 0.4) is 0 Å². The van der Waals surface area contributed by atoms with Crippen molar-refractivity contribution < 1.29 is 4.18 Å². The predicted molar refractivity (Wildman–Crippen MR) is 67.0 cm³/mol. The fraction of sp³-hybridized carbons (Fsp3) is 0.909. The molecule has 1 saturated heterocycles. The molecule has 2 nitrogen and oxygen atoms in total. The highest BCUT2D eigenvalue weighted by Crippen LogP contribution is 2.47. The topological polar surface area (TPSA) is 33.0 Å². The molecule has 1 fully saturated rings. The van der Waals surface area contributed by atoms with Crippen LogP contribution in [0.4, 0.5) is 0 Å². The van der Waals surface area contributed by atoms with Crippen LogP contribution in [0.1, 0.15) is 33.1 Å². The molecule has 1 aliphatic heterocycles. The van der Waals surface area contributed by atoms with Crippen LogP contribution in [0.2, 0.25) is 11.6 Å². The molecule has 84 valence electrons. The third-order valence-corrected chi connectivity index (χ3v) is 3.84. The minimum absolute atomic E-state index is 0.222. The molecule has 0 saturated carbocycles. The standard InChI is InChI=1S/C11H20BNOS/c1-11(2)7-10(8-12(11)9-13)5-4-6-14-15-3/h10H,4-8H2,1-3H3. The first kappa shape index (κ1) is 12.9. The molecule has 4 heteroatoms. The highest BCUT2D eigenvalue weighted by Gasteiger charge is 2.43. The lowest BCUT2D eigenvalue weighted by atomic mass is 9.37. The van der Waals surface area contributed by atoms with Gasteiger partial charge in [-0.1, -0.05) is 26.6 Å². The molecular formula is C11H20BNOS. The Labute approximate surface area is 98.0 Å². The van der Waals surface area contributed by atoms with Crippen LogP contribution < -0.4 is 0 Å². The number of nitriles is 1. The number of hydrogen-bond donors (Lipinski definition) is 0. The van der Waals surface area contributed by atoms with Crippen LogP contribution in [-0.4, -0.2) is 19.6 Å². The SMILES string of the molecule is CSOCCCC1CB(C#N)C(C)(C)C1. The molecule has 1 unspecified atom stereocenters. The lowest BCUT2D eigenvalue weighted by Crippen LogP contribution is -2.19. The zero-order chi connectivity index (χ0) is 11.3. The lowest BCUT2D eigenvalue weighted by Gasteiger charge is -2.18. The molecule has 0 aromatic rings. The lowest BCUT2D eigenvalue weighted by molar-refractivity contribution is 0.335. The van der Waals surface area contributed by atoms with Crippen molar-refractivity contribution in [3.8, 4) is 5.97 Å². The van der Waals surface area contributed by atoms with Gasteiger partial charge in [-0.3, -0.25) is 0 Å². The second-order valence-electron chi connectivity index (χ2n) is 5.11. The maximum absolute atomic E-state index is 9.05. The summed E-state index contributed by atoms with van der Waals surface area (Å²) in [6.45, 7) is 5.54. The van der Waals surface area contributed by atoms with Crippen molar-refractivity contribution in [2.45, 2.75) is 44.7 Å². The van der Waals surface area contributed by atoms with Gasteiger partial charge in [0.15, 0.2) is 0 Å². The van der Waals surface area contributed by atoms with E-state index < -0.39 is 0 Å². The Kier molecular flexibility index (Phi) is 5.01. The zero-order valence-electron chi connectivity index (χ0n) is 9.95. The van der Waals surface area contributed by atoms with Gasteiger partial charge in [-0.05, 0) is 36.1 Å². The summed E-state index contributed by atoms with van der Waals surface area (Å²) in [6, 6.07) is 0. The second kappa shape index (κ2) is 5.82. The van der Waals surface area contributed by atoms with E-state index in [1.165, 1.54) is 24.9 Å². The van der Waals surface area contributed by atoms with Crippen LogP contribution in [0.15, 0.2) is 0 Å². The van der Waals surface area contributed by atoms with Gasteiger partial charge in [-0.25, -0.2) is 5.26 Å². The number of rotatable bonds is 5. The van der Waals surface area contributed by atoms with Crippen LogP contribution in [0.25, 0.3) is 0 Å². The fourth-order valence-corrected chi connectivity index (χ4v) is 2.87. The average molecular weight is 225 g/mol. The summed E-state index contributed by atoms with van der Waals surface area (Å²) in [7, 11) is 0. The quantitative estimate of drug-likeness (QED) is 0.408. The van der Waals surface area contributed by atoms with E-state index >= 15 is 0 Å². The molecule has 0 N–H and O–H groups in total. The summed E-state index contributed by atoms with van der Waals surface area (Å²) >= 11 is 1.44. The largest absolute Gasteiger partial charge is 0.316 e. The minimum Gasteiger partial charge on any atom is -0.316 e. The molecule has 0 amide bonds. The average Bonchev–Trinajstić information content (AvgIpc) is 2.48. The van der Waals surface area contributed by atoms with Crippen molar-refractivity contribution in [3.63, 3.8) is 0 Å². The Bertz CT molecular complexity index is 239. The van der Waals surface area contributed by atoms with Gasteiger partial charge in [0.2, 0.25) is 0 Å². The van der Waals surface area contributed by atoms with Crippen LogP contribution in [0.5, 0.6) is 0 Å². The van der Waals surface area contributed by atoms with Crippen LogP contribution in [0, 0.1) is 17.1 Å². The summed E-state index contributed by atoms with van der Waals surface area (Å²) in [5, 5.41) is 9.27. The van der Waals surface area contributed by atoms with Gasteiger partial charge in [0.25, 0.3) is 6.71 Å². The minimum atomic E-state index is 0.222. The highest BCUT2D eigenvalue weighted by molar-refractivity contribution is 7.93. The molecular weight excluding hydrogens is 205 g/mol. The number of nitrogens with zero attached hydrogens (tertiary/aromatic N) is 1. The summed E-state index contributed by atoms with van der Waals surface area (Å²) < 4.78 is 5.25. The summed E-state index contributed by atoms with van der Waals surface area (Å²) in [5.74, 6) is 3.18. The first-order chi connectivity index (χ1) is 7.10.